The van der Waals surface area contributed by atoms with Crippen molar-refractivity contribution < 1.29 is 14.3 Å². The molecule has 1 saturated carbocycles. The maximum Gasteiger partial charge on any atom is 0.258 e. The van der Waals surface area contributed by atoms with E-state index < -0.39 is 0 Å². The fourth-order valence-corrected chi connectivity index (χ4v) is 4.22. The van der Waals surface area contributed by atoms with Crippen LogP contribution >= 0.6 is 0 Å². The molecule has 1 aliphatic carbocycles. The van der Waals surface area contributed by atoms with Crippen LogP contribution in [0.25, 0.3) is 0 Å². The molecule has 0 bridgehead atoms. The van der Waals surface area contributed by atoms with Crippen molar-refractivity contribution in [3.63, 3.8) is 0 Å². The summed E-state index contributed by atoms with van der Waals surface area (Å²) < 4.78 is 11.0. The smallest absolute Gasteiger partial charge is 0.258 e. The summed E-state index contributed by atoms with van der Waals surface area (Å²) >= 11 is 0. The highest BCUT2D eigenvalue weighted by molar-refractivity contribution is 5.77. The fourth-order valence-electron chi connectivity index (χ4n) is 4.22. The summed E-state index contributed by atoms with van der Waals surface area (Å²) in [6.45, 7) is 3.49. The zero-order chi connectivity index (χ0) is 21.9. The van der Waals surface area contributed by atoms with Crippen LogP contribution in [-0.4, -0.2) is 25.7 Å². The molecule has 3 rings (SSSR count). The monoisotopic (exact) mass is 424 g/mol. The minimum absolute atomic E-state index is 0.00476. The van der Waals surface area contributed by atoms with E-state index in [9.17, 15) is 4.79 Å². The molecule has 1 fully saturated rings. The molecule has 0 saturated heterocycles. The zero-order valence-corrected chi connectivity index (χ0v) is 18.9. The minimum Gasteiger partial charge on any atom is -0.497 e. The predicted molar refractivity (Wildman–Crippen MR) is 124 cm³/mol. The molecule has 1 unspecified atom stereocenters. The molecule has 0 aliphatic heterocycles. The van der Waals surface area contributed by atoms with Crippen LogP contribution in [0.2, 0.25) is 0 Å². The van der Waals surface area contributed by atoms with Gasteiger partial charge >= 0.3 is 0 Å². The first-order valence-electron chi connectivity index (χ1n) is 11.5. The van der Waals surface area contributed by atoms with E-state index in [1.54, 1.807) is 7.11 Å². The summed E-state index contributed by atoms with van der Waals surface area (Å²) in [6, 6.07) is 16.1. The van der Waals surface area contributed by atoms with Crippen LogP contribution in [0.5, 0.6) is 11.5 Å². The summed E-state index contributed by atoms with van der Waals surface area (Å²) in [5.74, 6) is 2.29. The molecule has 0 heterocycles. The van der Waals surface area contributed by atoms with E-state index in [-0.39, 0.29) is 12.5 Å². The Bertz CT molecular complexity index is 801. The first-order chi connectivity index (χ1) is 15.1. The molecule has 31 heavy (non-hydrogen) atoms. The first kappa shape index (κ1) is 23.1. The normalized spacial score (nSPS) is 15.3. The van der Waals surface area contributed by atoms with Crippen LogP contribution in [-0.2, 0) is 17.9 Å². The Morgan fingerprint density at radius 3 is 2.52 bits per heavy atom. The first-order valence-corrected chi connectivity index (χ1v) is 11.5. The van der Waals surface area contributed by atoms with E-state index in [4.69, 9.17) is 9.47 Å². The quantitative estimate of drug-likeness (QED) is 0.542. The average molecular weight is 425 g/mol. The third-order valence-corrected chi connectivity index (χ3v) is 6.03. The van der Waals surface area contributed by atoms with Gasteiger partial charge in [-0.05, 0) is 43.0 Å². The number of ether oxygens (including phenoxy) is 2. The molecule has 1 atom stereocenters. The highest BCUT2D eigenvalue weighted by Gasteiger charge is 2.16. The SMILES string of the molecule is COc1ccc(CNC(=O)COc2ccccc2CNC(C)CC2CCCCC2)cc1. The van der Waals surface area contributed by atoms with Crippen LogP contribution < -0.4 is 20.1 Å². The van der Waals surface area contributed by atoms with E-state index in [0.29, 0.717) is 12.6 Å². The second kappa shape index (κ2) is 12.4. The number of methoxy groups -OCH3 is 1. The summed E-state index contributed by atoms with van der Waals surface area (Å²) in [5, 5.41) is 6.54. The predicted octanol–water partition coefficient (Wildman–Crippen LogP) is 4.84. The number of amides is 1. The highest BCUT2D eigenvalue weighted by Crippen LogP contribution is 2.27. The number of nitrogens with one attached hydrogen (secondary N) is 2. The topological polar surface area (TPSA) is 59.6 Å². The number of carbonyl (C=O) groups excluding carboxylic acids is 1. The second-order valence-corrected chi connectivity index (χ2v) is 8.54. The molecule has 5 heteroatoms. The van der Waals surface area contributed by atoms with Gasteiger partial charge < -0.3 is 20.1 Å². The molecule has 2 N–H and O–H groups in total. The molecule has 5 nitrogen and oxygen atoms in total. The van der Waals surface area contributed by atoms with Crippen molar-refractivity contribution in [2.75, 3.05) is 13.7 Å². The maximum absolute atomic E-state index is 12.2. The molecule has 0 spiro atoms. The molecule has 1 amide bonds. The average Bonchev–Trinajstić information content (AvgIpc) is 2.81. The number of rotatable bonds is 11. The highest BCUT2D eigenvalue weighted by atomic mass is 16.5. The summed E-state index contributed by atoms with van der Waals surface area (Å²) in [6.07, 6.45) is 8.14. The third-order valence-electron chi connectivity index (χ3n) is 6.03. The third kappa shape index (κ3) is 7.91. The van der Waals surface area contributed by atoms with Gasteiger partial charge in [-0.3, -0.25) is 4.79 Å². The second-order valence-electron chi connectivity index (χ2n) is 8.54. The Morgan fingerprint density at radius 2 is 1.77 bits per heavy atom. The fraction of sp³-hybridized carbons (Fsp3) is 0.500. The Morgan fingerprint density at radius 1 is 1.03 bits per heavy atom. The van der Waals surface area contributed by atoms with E-state index >= 15 is 0 Å². The molecular formula is C26H36N2O3. The van der Waals surface area contributed by atoms with Crippen molar-refractivity contribution >= 4 is 5.91 Å². The van der Waals surface area contributed by atoms with E-state index in [2.05, 4.69) is 23.6 Å². The van der Waals surface area contributed by atoms with Crippen molar-refractivity contribution in [3.8, 4) is 11.5 Å². The molecule has 0 radical (unpaired) electrons. The van der Waals surface area contributed by atoms with Gasteiger partial charge in [0.05, 0.1) is 7.11 Å². The molecule has 168 valence electrons. The zero-order valence-electron chi connectivity index (χ0n) is 18.9. The van der Waals surface area contributed by atoms with E-state index in [0.717, 1.165) is 35.1 Å². The number of para-hydroxylation sites is 1. The van der Waals surface area contributed by atoms with Crippen LogP contribution in [0.1, 0.15) is 56.6 Å². The molecular weight excluding hydrogens is 388 g/mol. The van der Waals surface area contributed by atoms with Crippen LogP contribution in [0, 0.1) is 5.92 Å². The lowest BCUT2D eigenvalue weighted by molar-refractivity contribution is -0.123. The molecule has 0 aromatic heterocycles. The van der Waals surface area contributed by atoms with Crippen LogP contribution in [0.15, 0.2) is 48.5 Å². The number of hydrogen-bond acceptors (Lipinski definition) is 4. The molecule has 2 aromatic rings. The van der Waals surface area contributed by atoms with Crippen LogP contribution in [0.4, 0.5) is 0 Å². The van der Waals surface area contributed by atoms with E-state index in [1.807, 2.05) is 42.5 Å². The maximum atomic E-state index is 12.2. The van der Waals surface area contributed by atoms with Gasteiger partial charge in [0.1, 0.15) is 11.5 Å². The largest absolute Gasteiger partial charge is 0.497 e. The van der Waals surface area contributed by atoms with Gasteiger partial charge in [0.2, 0.25) is 0 Å². The van der Waals surface area contributed by atoms with Gasteiger partial charge in [0.15, 0.2) is 6.61 Å². The summed E-state index contributed by atoms with van der Waals surface area (Å²) in [4.78, 5) is 12.2. The number of hydrogen-bond donors (Lipinski definition) is 2. The standard InChI is InChI=1S/C26H36N2O3/c1-20(16-21-8-4-3-5-9-21)27-18-23-10-6-7-11-25(23)31-19-26(29)28-17-22-12-14-24(30-2)15-13-22/h6-7,10-15,20-21,27H,3-5,8-9,16-19H2,1-2H3,(H,28,29). The lowest BCUT2D eigenvalue weighted by Crippen LogP contribution is -2.30. The Kier molecular flexibility index (Phi) is 9.22. The van der Waals surface area contributed by atoms with Gasteiger partial charge in [-0.25, -0.2) is 0 Å². The van der Waals surface area contributed by atoms with Crippen molar-refractivity contribution in [2.24, 2.45) is 5.92 Å². The van der Waals surface area contributed by atoms with Gasteiger partial charge in [-0.1, -0.05) is 62.4 Å². The number of carbonyl (C=O) groups is 1. The van der Waals surface area contributed by atoms with Gasteiger partial charge in [0.25, 0.3) is 5.91 Å². The van der Waals surface area contributed by atoms with Crippen molar-refractivity contribution in [2.45, 2.75) is 64.6 Å². The van der Waals surface area contributed by atoms with Crippen LogP contribution in [0.3, 0.4) is 0 Å². The molecule has 1 aliphatic rings. The van der Waals surface area contributed by atoms with Crippen molar-refractivity contribution in [3.05, 3.63) is 59.7 Å². The van der Waals surface area contributed by atoms with E-state index in [1.165, 1.54) is 38.5 Å². The molecule has 2 aromatic carbocycles. The summed E-state index contributed by atoms with van der Waals surface area (Å²) in [7, 11) is 1.64. The lowest BCUT2D eigenvalue weighted by Gasteiger charge is -2.25. The Labute approximate surface area is 186 Å². The van der Waals surface area contributed by atoms with Gasteiger partial charge in [-0.15, -0.1) is 0 Å². The minimum atomic E-state index is -0.135. The Balaban J connectivity index is 1.42. The van der Waals surface area contributed by atoms with Crippen molar-refractivity contribution in [1.29, 1.82) is 0 Å². The lowest BCUT2D eigenvalue weighted by atomic mass is 9.85. The van der Waals surface area contributed by atoms with Gasteiger partial charge in [0, 0.05) is 24.7 Å². The Hall–Kier alpha value is -2.53. The van der Waals surface area contributed by atoms with Crippen molar-refractivity contribution in [1.82, 2.24) is 10.6 Å². The number of benzene rings is 2. The summed E-state index contributed by atoms with van der Waals surface area (Å²) in [5.41, 5.74) is 2.10. The van der Waals surface area contributed by atoms with Gasteiger partial charge in [-0.2, -0.15) is 0 Å².